The minimum atomic E-state index is -3.51. The van der Waals surface area contributed by atoms with Crippen molar-refractivity contribution < 1.29 is 58.9 Å². The molecule has 0 radical (unpaired) electrons. The first-order chi connectivity index (χ1) is 30.7. The summed E-state index contributed by atoms with van der Waals surface area (Å²) >= 11 is 0. The Morgan fingerprint density at radius 3 is 0.473 bits per heavy atom. The Labute approximate surface area is 503 Å². The SMILES string of the molecule is Cc1c([Si](C)(C)C)c(C)c([Si](C)(C)C)c([Si](c2c([Si](C)(C)C)c(C)c([Si](C)(C)C)c(C)c2[Si](C)(C)C)(c2c([Si](C)(C)C)c(C)c([Si](C)(C)C)c(C)c2[Si](C)(C)C)c2c(C)c(C)c(C)[c-]2C)c1[Si](C)(C)C.[Cl-].[Cl-].[Cl-].[Ti+4]. The summed E-state index contributed by atoms with van der Waals surface area (Å²) < 4.78 is 0. The molecule has 0 aliphatic heterocycles. The first-order valence-electron chi connectivity index (χ1n) is 27.5. The van der Waals surface area contributed by atoms with Gasteiger partial charge in [-0.1, -0.05) is 285 Å². The van der Waals surface area contributed by atoms with Crippen LogP contribution in [-0.2, 0) is 21.7 Å². The molecule has 0 N–H and O–H groups in total. The van der Waals surface area contributed by atoms with Crippen LogP contribution < -0.4 is 105 Å². The Morgan fingerprint density at radius 2 is 0.365 bits per heavy atom. The van der Waals surface area contributed by atoms with Gasteiger partial charge >= 0.3 is 21.7 Å². The molecular formula is C60H111Cl3Si10Ti. The van der Waals surface area contributed by atoms with E-state index in [1.54, 1.807) is 71.2 Å². The maximum atomic E-state index is 2.78. The summed E-state index contributed by atoms with van der Waals surface area (Å²) in [7, 11) is -22.1. The fourth-order valence-corrected chi connectivity index (χ4v) is 53.6. The van der Waals surface area contributed by atoms with Gasteiger partial charge in [0.25, 0.3) is 0 Å². The summed E-state index contributed by atoms with van der Waals surface area (Å²) in [5.41, 5.74) is 16.5. The molecule has 4 aromatic carbocycles. The normalized spacial score (nSPS) is 13.6. The van der Waals surface area contributed by atoms with Crippen molar-refractivity contribution in [1.29, 1.82) is 0 Å². The van der Waals surface area contributed by atoms with Crippen LogP contribution in [0.3, 0.4) is 0 Å². The number of hydrogen-bond donors (Lipinski definition) is 0. The Morgan fingerprint density at radius 1 is 0.216 bits per heavy atom. The Balaban J connectivity index is 0.0000133. The van der Waals surface area contributed by atoms with E-state index in [-0.39, 0.29) is 58.9 Å². The standard InChI is InChI=1S/C60H111Si10.3ClH.Ti/c1-38-39(2)41(4)51(40(38)3)70(58-52(64(20,21)22)42(5)48(61(11,12)13)43(6)53(58)65(23,24)25,59-54(66(26,27)28)44(7)49(62(14,15)16)45(8)55(59)67(29,30)31)60-56(68(32,33)34)46(9)50(63(17,18)19)47(10)57(60)69(35,36)37;;;;/h1-37H3;3*1H;/q-1;;;;+4/p-3. The fraction of sp³-hybridized carbons (Fsp3) is 0.617. The Hall–Kier alpha value is 0.763. The smallest absolute Gasteiger partial charge is 1.00 e. The van der Waals surface area contributed by atoms with Crippen LogP contribution in [0, 0.1) is 69.2 Å². The van der Waals surface area contributed by atoms with Crippen molar-refractivity contribution >= 4 is 148 Å². The van der Waals surface area contributed by atoms with E-state index in [4.69, 9.17) is 0 Å². The maximum absolute atomic E-state index is 3.51. The van der Waals surface area contributed by atoms with Gasteiger partial charge in [-0.15, -0.1) is 0 Å². The quantitative estimate of drug-likeness (QED) is 0.109. The molecule has 4 aromatic rings. The van der Waals surface area contributed by atoms with E-state index >= 15 is 0 Å². The van der Waals surface area contributed by atoms with Crippen LogP contribution in [0.25, 0.3) is 0 Å². The Bertz CT molecular complexity index is 2350. The molecule has 0 fully saturated rings. The number of halogens is 3. The van der Waals surface area contributed by atoms with Crippen LogP contribution in [0.1, 0.15) is 55.6 Å². The fourth-order valence-electron chi connectivity index (χ4n) is 15.8. The molecule has 0 saturated heterocycles. The molecule has 0 nitrogen and oxygen atoms in total. The summed E-state index contributed by atoms with van der Waals surface area (Å²) in [5, 5.41) is 24.2. The van der Waals surface area contributed by atoms with E-state index in [1.165, 1.54) is 0 Å². The predicted octanol–water partition coefficient (Wildman–Crippen LogP) is 1.78. The summed E-state index contributed by atoms with van der Waals surface area (Å²) in [6.45, 7) is 101. The third-order valence-corrected chi connectivity index (χ3v) is 42.9. The van der Waals surface area contributed by atoms with Crippen LogP contribution in [0.4, 0.5) is 0 Å². The molecule has 0 amide bonds. The van der Waals surface area contributed by atoms with Crippen LogP contribution >= 0.6 is 0 Å². The van der Waals surface area contributed by atoms with Gasteiger partial charge in [0.05, 0.1) is 72.7 Å². The van der Waals surface area contributed by atoms with Crippen molar-refractivity contribution in [3.63, 3.8) is 0 Å². The molecule has 0 heterocycles. The zero-order valence-corrected chi connectivity index (χ0v) is 69.0. The third-order valence-electron chi connectivity index (χ3n) is 16.7. The summed E-state index contributed by atoms with van der Waals surface area (Å²) in [4.78, 5) is 0. The zero-order chi connectivity index (χ0) is 55.3. The molecule has 0 saturated carbocycles. The molecule has 0 aliphatic carbocycles. The number of benzene rings is 3. The minimum Gasteiger partial charge on any atom is -1.00 e. The predicted molar refractivity (Wildman–Crippen MR) is 360 cm³/mol. The van der Waals surface area contributed by atoms with Crippen molar-refractivity contribution in [3.05, 3.63) is 55.6 Å². The third kappa shape index (κ3) is 12.9. The topological polar surface area (TPSA) is 0 Å². The van der Waals surface area contributed by atoms with Gasteiger partial charge in [-0.2, -0.15) is 27.4 Å². The van der Waals surface area contributed by atoms with E-state index in [9.17, 15) is 0 Å². The molecule has 4 rings (SSSR count). The minimum absolute atomic E-state index is 0. The molecule has 0 bridgehead atoms. The van der Waals surface area contributed by atoms with E-state index in [0.717, 1.165) is 0 Å². The van der Waals surface area contributed by atoms with Gasteiger partial charge in [0.1, 0.15) is 0 Å². The molecule has 0 atom stereocenters. The van der Waals surface area contributed by atoms with Gasteiger partial charge in [0.2, 0.25) is 0 Å². The first-order valence-corrected chi connectivity index (χ1v) is 61.0. The summed E-state index contributed by atoms with van der Waals surface area (Å²) in [6, 6.07) is 0. The van der Waals surface area contributed by atoms with E-state index in [1.807, 2.05) is 51.9 Å². The second-order valence-electron chi connectivity index (χ2n) is 32.1. The Kier molecular flexibility index (Phi) is 23.4. The van der Waals surface area contributed by atoms with Crippen molar-refractivity contribution in [2.45, 2.75) is 246 Å². The average Bonchev–Trinajstić information content (AvgIpc) is 3.24. The summed E-state index contributed by atoms with van der Waals surface area (Å²) in [6.07, 6.45) is 0. The molecule has 416 valence electrons. The van der Waals surface area contributed by atoms with Crippen molar-refractivity contribution in [2.24, 2.45) is 0 Å². The molecule has 74 heavy (non-hydrogen) atoms. The maximum Gasteiger partial charge on any atom is 4.00 e. The largest absolute Gasteiger partial charge is 4.00 e. The number of hydrogen-bond acceptors (Lipinski definition) is 0. The molecule has 0 aliphatic rings. The first kappa shape index (κ1) is 74.8. The van der Waals surface area contributed by atoms with Gasteiger partial charge in [-0.05, 0) is 57.1 Å². The van der Waals surface area contributed by atoms with Crippen LogP contribution in [-0.4, -0.2) is 80.7 Å². The van der Waals surface area contributed by atoms with Crippen LogP contribution in [0.15, 0.2) is 0 Å². The summed E-state index contributed by atoms with van der Waals surface area (Å²) in [5.74, 6) is 0. The van der Waals surface area contributed by atoms with E-state index in [2.05, 4.69) is 246 Å². The molecule has 14 heteroatoms. The molecule has 0 unspecified atom stereocenters. The molecular weight excluding hydrogens is 1160 g/mol. The van der Waals surface area contributed by atoms with Gasteiger partial charge in [-0.3, -0.25) is 0 Å². The van der Waals surface area contributed by atoms with E-state index < -0.39 is 80.7 Å². The van der Waals surface area contributed by atoms with Gasteiger partial charge in [0, 0.05) is 0 Å². The van der Waals surface area contributed by atoms with Crippen molar-refractivity contribution in [2.75, 3.05) is 0 Å². The molecule has 0 spiro atoms. The van der Waals surface area contributed by atoms with Crippen molar-refractivity contribution in [1.82, 2.24) is 0 Å². The second kappa shape index (κ2) is 23.2. The van der Waals surface area contributed by atoms with Crippen LogP contribution in [0.5, 0.6) is 0 Å². The zero-order valence-electron chi connectivity index (χ0n) is 55.1. The number of rotatable bonds is 13. The van der Waals surface area contributed by atoms with Gasteiger partial charge < -0.3 is 37.2 Å². The van der Waals surface area contributed by atoms with Crippen LogP contribution in [0.2, 0.25) is 177 Å². The average molecular weight is 1270 g/mol. The van der Waals surface area contributed by atoms with Crippen molar-refractivity contribution in [3.8, 4) is 0 Å². The molecule has 0 aromatic heterocycles. The monoisotopic (exact) mass is 1260 g/mol. The van der Waals surface area contributed by atoms with Gasteiger partial charge in [0.15, 0.2) is 8.07 Å². The van der Waals surface area contributed by atoms with E-state index in [0.29, 0.717) is 0 Å². The second-order valence-corrected chi connectivity index (χ2v) is 80.6. The van der Waals surface area contributed by atoms with Gasteiger partial charge in [-0.25, -0.2) is 0 Å².